The molecular formula is C11H13NO3. The summed E-state index contributed by atoms with van der Waals surface area (Å²) in [5.74, 6) is 0.651. The zero-order valence-electron chi connectivity index (χ0n) is 8.40. The second kappa shape index (κ2) is 3.56. The Morgan fingerprint density at radius 3 is 2.93 bits per heavy atom. The highest BCUT2D eigenvalue weighted by Gasteiger charge is 2.31. The van der Waals surface area contributed by atoms with Gasteiger partial charge in [0.25, 0.3) is 0 Å². The maximum atomic E-state index is 10.1. The topological polar surface area (TPSA) is 61.7 Å². The van der Waals surface area contributed by atoms with Crippen LogP contribution in [-0.4, -0.2) is 23.9 Å². The number of aliphatic hydroxyl groups excluding tert-OH is 1. The Morgan fingerprint density at radius 2 is 2.27 bits per heavy atom. The highest BCUT2D eigenvalue weighted by atomic mass is 16.5. The van der Waals surface area contributed by atoms with Crippen molar-refractivity contribution in [2.75, 3.05) is 13.7 Å². The van der Waals surface area contributed by atoms with Gasteiger partial charge < -0.3 is 20.3 Å². The number of hydrogen-bond donors (Lipinski definition) is 3. The lowest BCUT2D eigenvalue weighted by Gasteiger charge is -2.31. The Morgan fingerprint density at radius 1 is 1.47 bits per heavy atom. The van der Waals surface area contributed by atoms with E-state index in [1.807, 2.05) is 18.2 Å². The summed E-state index contributed by atoms with van der Waals surface area (Å²) in [6, 6.07) is 5.36. The summed E-state index contributed by atoms with van der Waals surface area (Å²) in [4.78, 5) is 0. The van der Waals surface area contributed by atoms with Crippen LogP contribution >= 0.6 is 0 Å². The fourth-order valence-corrected chi connectivity index (χ4v) is 1.64. The third-order valence-electron chi connectivity index (χ3n) is 2.52. The molecule has 1 heterocycles. The molecule has 1 aromatic carbocycles. The van der Waals surface area contributed by atoms with Gasteiger partial charge in [-0.25, -0.2) is 0 Å². The van der Waals surface area contributed by atoms with E-state index in [0.717, 1.165) is 5.56 Å². The zero-order chi connectivity index (χ0) is 10.9. The van der Waals surface area contributed by atoms with Gasteiger partial charge in [0.15, 0.2) is 5.72 Å². The van der Waals surface area contributed by atoms with Gasteiger partial charge in [0.05, 0.1) is 13.7 Å². The van der Waals surface area contributed by atoms with Gasteiger partial charge in [0.2, 0.25) is 0 Å². The number of fused-ring (bicyclic) bond motifs is 1. The first-order valence-electron chi connectivity index (χ1n) is 4.65. The molecule has 1 aromatic rings. The van der Waals surface area contributed by atoms with Crippen LogP contribution in [-0.2, 0) is 5.72 Å². The molecule has 0 aromatic heterocycles. The van der Waals surface area contributed by atoms with E-state index in [9.17, 15) is 10.2 Å². The molecule has 0 amide bonds. The van der Waals surface area contributed by atoms with Crippen LogP contribution in [0, 0.1) is 0 Å². The normalized spacial score (nSPS) is 23.1. The molecule has 15 heavy (non-hydrogen) atoms. The van der Waals surface area contributed by atoms with E-state index < -0.39 is 12.3 Å². The van der Waals surface area contributed by atoms with Crippen LogP contribution in [0.25, 0.3) is 6.08 Å². The van der Waals surface area contributed by atoms with E-state index in [1.165, 1.54) is 0 Å². The highest BCUT2D eigenvalue weighted by molar-refractivity contribution is 5.59. The van der Waals surface area contributed by atoms with Crippen LogP contribution in [0.4, 0.5) is 0 Å². The Hall–Kier alpha value is -1.52. The molecule has 0 spiro atoms. The number of hydrogen-bond acceptors (Lipinski definition) is 4. The van der Waals surface area contributed by atoms with Crippen molar-refractivity contribution in [3.63, 3.8) is 0 Å². The molecule has 1 unspecified atom stereocenters. The monoisotopic (exact) mass is 207 g/mol. The number of methoxy groups -OCH3 is 1. The second-order valence-electron chi connectivity index (χ2n) is 3.45. The summed E-state index contributed by atoms with van der Waals surface area (Å²) in [6.07, 6.45) is 3.45. The van der Waals surface area contributed by atoms with Gasteiger partial charge in [-0.15, -0.1) is 0 Å². The first kappa shape index (κ1) is 10.0. The predicted molar refractivity (Wildman–Crippen MR) is 56.1 cm³/mol. The van der Waals surface area contributed by atoms with Crippen molar-refractivity contribution in [1.82, 2.24) is 5.32 Å². The van der Waals surface area contributed by atoms with Gasteiger partial charge in [-0.1, -0.05) is 6.07 Å². The minimum Gasteiger partial charge on any atom is -0.497 e. The molecule has 1 atom stereocenters. The van der Waals surface area contributed by atoms with Gasteiger partial charge in [-0.2, -0.15) is 0 Å². The molecular weight excluding hydrogens is 194 g/mol. The average molecular weight is 207 g/mol. The number of rotatable bonds is 2. The SMILES string of the molecule is COc1ccc2c(c1)C(O)(CO)NC=C2. The summed E-state index contributed by atoms with van der Waals surface area (Å²) < 4.78 is 5.07. The molecule has 4 nitrogen and oxygen atoms in total. The van der Waals surface area contributed by atoms with Crippen LogP contribution in [0.2, 0.25) is 0 Å². The molecule has 0 saturated heterocycles. The van der Waals surface area contributed by atoms with Gasteiger partial charge in [-0.3, -0.25) is 0 Å². The zero-order valence-corrected chi connectivity index (χ0v) is 8.40. The molecule has 0 fully saturated rings. The lowest BCUT2D eigenvalue weighted by atomic mass is 9.94. The van der Waals surface area contributed by atoms with E-state index in [1.54, 1.807) is 19.4 Å². The molecule has 0 saturated carbocycles. The fourth-order valence-electron chi connectivity index (χ4n) is 1.64. The van der Waals surface area contributed by atoms with Crippen LogP contribution in [0.1, 0.15) is 11.1 Å². The maximum Gasteiger partial charge on any atom is 0.186 e. The maximum absolute atomic E-state index is 10.1. The number of aliphatic hydroxyl groups is 2. The molecule has 2 rings (SSSR count). The van der Waals surface area contributed by atoms with Crippen molar-refractivity contribution >= 4 is 6.08 Å². The lowest BCUT2D eigenvalue weighted by Crippen LogP contribution is -2.44. The van der Waals surface area contributed by atoms with Gasteiger partial charge in [0.1, 0.15) is 5.75 Å². The third kappa shape index (κ3) is 1.58. The quantitative estimate of drug-likeness (QED) is 0.657. The Bertz CT molecular complexity index is 403. The summed E-state index contributed by atoms with van der Waals surface area (Å²) >= 11 is 0. The molecule has 3 N–H and O–H groups in total. The third-order valence-corrected chi connectivity index (χ3v) is 2.52. The van der Waals surface area contributed by atoms with Crippen molar-refractivity contribution in [2.24, 2.45) is 0 Å². The molecule has 0 bridgehead atoms. The predicted octanol–water partition coefficient (Wildman–Crippen LogP) is 0.406. The minimum absolute atomic E-state index is 0.391. The fraction of sp³-hybridized carbons (Fsp3) is 0.273. The summed E-state index contributed by atoms with van der Waals surface area (Å²) in [5.41, 5.74) is 0.0662. The minimum atomic E-state index is -1.42. The summed E-state index contributed by atoms with van der Waals surface area (Å²) in [6.45, 7) is -0.391. The molecule has 80 valence electrons. The van der Waals surface area contributed by atoms with Crippen molar-refractivity contribution in [3.05, 3.63) is 35.5 Å². The second-order valence-corrected chi connectivity index (χ2v) is 3.45. The van der Waals surface area contributed by atoms with Crippen molar-refractivity contribution in [1.29, 1.82) is 0 Å². The van der Waals surface area contributed by atoms with Crippen molar-refractivity contribution in [2.45, 2.75) is 5.72 Å². The summed E-state index contributed by atoms with van der Waals surface area (Å²) in [7, 11) is 1.56. The smallest absolute Gasteiger partial charge is 0.186 e. The summed E-state index contributed by atoms with van der Waals surface area (Å²) in [5, 5.41) is 22.0. The van der Waals surface area contributed by atoms with Crippen molar-refractivity contribution in [3.8, 4) is 5.75 Å². The standard InChI is InChI=1S/C11H13NO3/c1-15-9-3-2-8-4-5-12-11(14,7-13)10(8)6-9/h2-6,12-14H,7H2,1H3. The van der Waals surface area contributed by atoms with E-state index in [0.29, 0.717) is 11.3 Å². The number of nitrogens with one attached hydrogen (secondary N) is 1. The Labute approximate surface area is 87.8 Å². The van der Waals surface area contributed by atoms with Crippen LogP contribution < -0.4 is 10.1 Å². The van der Waals surface area contributed by atoms with E-state index in [2.05, 4.69) is 5.32 Å². The van der Waals surface area contributed by atoms with Crippen LogP contribution in [0.15, 0.2) is 24.4 Å². The molecule has 4 heteroatoms. The Kier molecular flexibility index (Phi) is 2.38. The van der Waals surface area contributed by atoms with Gasteiger partial charge in [-0.05, 0) is 30.0 Å². The lowest BCUT2D eigenvalue weighted by molar-refractivity contribution is -0.0387. The van der Waals surface area contributed by atoms with E-state index in [4.69, 9.17) is 4.74 Å². The average Bonchev–Trinajstić information content (AvgIpc) is 2.29. The van der Waals surface area contributed by atoms with E-state index in [-0.39, 0.29) is 0 Å². The number of ether oxygens (including phenoxy) is 1. The largest absolute Gasteiger partial charge is 0.497 e. The first-order chi connectivity index (χ1) is 7.19. The van der Waals surface area contributed by atoms with Crippen molar-refractivity contribution < 1.29 is 14.9 Å². The molecule has 0 radical (unpaired) electrons. The van der Waals surface area contributed by atoms with Gasteiger partial charge in [0, 0.05) is 5.56 Å². The molecule has 0 aliphatic carbocycles. The van der Waals surface area contributed by atoms with E-state index >= 15 is 0 Å². The highest BCUT2D eigenvalue weighted by Crippen LogP contribution is 2.29. The first-order valence-corrected chi connectivity index (χ1v) is 4.65. The Balaban J connectivity index is 2.54. The number of benzene rings is 1. The molecule has 1 aliphatic heterocycles. The van der Waals surface area contributed by atoms with Gasteiger partial charge >= 0.3 is 0 Å². The van der Waals surface area contributed by atoms with Crippen LogP contribution in [0.5, 0.6) is 5.75 Å². The van der Waals surface area contributed by atoms with Crippen LogP contribution in [0.3, 0.4) is 0 Å². The molecule has 1 aliphatic rings.